The van der Waals surface area contributed by atoms with Crippen molar-refractivity contribution in [2.24, 2.45) is 0 Å². The molecule has 0 aliphatic heterocycles. The number of aliphatic hydroxyl groups excluding tert-OH is 2. The van der Waals surface area contributed by atoms with Crippen LogP contribution in [0.1, 0.15) is 49.9 Å². The van der Waals surface area contributed by atoms with E-state index in [1.54, 1.807) is 6.20 Å². The molecule has 1 unspecified atom stereocenters. The van der Waals surface area contributed by atoms with Crippen molar-refractivity contribution in [3.05, 3.63) is 18.0 Å². The van der Waals surface area contributed by atoms with Crippen LogP contribution in [0.5, 0.6) is 0 Å². The third-order valence-corrected chi connectivity index (χ3v) is 3.34. The molecule has 1 atom stereocenters. The number of amides is 1. The Morgan fingerprint density at radius 2 is 1.95 bits per heavy atom. The Bertz CT molecular complexity index is 412. The van der Waals surface area contributed by atoms with Crippen molar-refractivity contribution in [1.82, 2.24) is 14.7 Å². The van der Waals surface area contributed by atoms with Crippen LogP contribution in [0.15, 0.2) is 12.4 Å². The van der Waals surface area contributed by atoms with Crippen LogP contribution < -0.4 is 0 Å². The van der Waals surface area contributed by atoms with Crippen LogP contribution in [0.2, 0.25) is 0 Å². The first-order valence-corrected chi connectivity index (χ1v) is 7.73. The zero-order valence-corrected chi connectivity index (χ0v) is 13.0. The maximum atomic E-state index is 12.5. The maximum Gasteiger partial charge on any atom is 0.257 e. The summed E-state index contributed by atoms with van der Waals surface area (Å²) in [5, 5.41) is 22.3. The summed E-state index contributed by atoms with van der Waals surface area (Å²) >= 11 is 0. The van der Waals surface area contributed by atoms with Gasteiger partial charge in [0.2, 0.25) is 0 Å². The summed E-state index contributed by atoms with van der Waals surface area (Å²) in [6, 6.07) is 0. The van der Waals surface area contributed by atoms with Gasteiger partial charge in [0, 0.05) is 19.3 Å². The zero-order chi connectivity index (χ0) is 15.7. The molecular formula is C15H27N3O3. The van der Waals surface area contributed by atoms with E-state index in [0.717, 1.165) is 38.8 Å². The van der Waals surface area contributed by atoms with Gasteiger partial charge in [0.25, 0.3) is 5.91 Å². The quantitative estimate of drug-likeness (QED) is 0.682. The summed E-state index contributed by atoms with van der Waals surface area (Å²) in [6.07, 6.45) is 6.39. The highest BCUT2D eigenvalue weighted by atomic mass is 16.3. The maximum absolute atomic E-state index is 12.5. The van der Waals surface area contributed by atoms with Crippen LogP contribution in [0.25, 0.3) is 0 Å². The molecule has 1 amide bonds. The molecule has 1 heterocycles. The molecule has 1 aromatic heterocycles. The molecule has 120 valence electrons. The van der Waals surface area contributed by atoms with Crippen LogP contribution in [0, 0.1) is 0 Å². The molecule has 6 heteroatoms. The molecule has 0 saturated heterocycles. The van der Waals surface area contributed by atoms with Gasteiger partial charge >= 0.3 is 0 Å². The third-order valence-electron chi connectivity index (χ3n) is 3.34. The largest absolute Gasteiger partial charge is 0.394 e. The SMILES string of the molecule is CCCCN(CCCC)C(=O)c1cnn(CC(O)CO)c1. The first-order chi connectivity index (χ1) is 10.1. The van der Waals surface area contributed by atoms with Gasteiger partial charge in [-0.2, -0.15) is 5.10 Å². The lowest BCUT2D eigenvalue weighted by atomic mass is 10.2. The summed E-state index contributed by atoms with van der Waals surface area (Å²) < 4.78 is 1.49. The fourth-order valence-electron chi connectivity index (χ4n) is 2.04. The molecular weight excluding hydrogens is 270 g/mol. The van der Waals surface area contributed by atoms with E-state index in [4.69, 9.17) is 5.11 Å². The number of aromatic nitrogens is 2. The molecule has 6 nitrogen and oxygen atoms in total. The van der Waals surface area contributed by atoms with E-state index in [2.05, 4.69) is 18.9 Å². The standard InChI is InChI=1S/C15H27N3O3/c1-3-5-7-17(8-6-4-2)15(21)13-9-16-18(10-13)11-14(20)12-19/h9-10,14,19-20H,3-8,11-12H2,1-2H3. The van der Waals surface area contributed by atoms with Crippen LogP contribution in [-0.4, -0.2) is 56.6 Å². The second kappa shape index (κ2) is 9.52. The van der Waals surface area contributed by atoms with E-state index in [1.165, 1.54) is 10.9 Å². The Balaban J connectivity index is 2.68. The average Bonchev–Trinajstić information content (AvgIpc) is 2.95. The van der Waals surface area contributed by atoms with Crippen molar-refractivity contribution >= 4 is 5.91 Å². The number of carbonyl (C=O) groups excluding carboxylic acids is 1. The second-order valence-electron chi connectivity index (χ2n) is 5.29. The predicted molar refractivity (Wildman–Crippen MR) is 81.0 cm³/mol. The number of unbranched alkanes of at least 4 members (excludes halogenated alkanes) is 2. The van der Waals surface area contributed by atoms with E-state index in [1.807, 2.05) is 4.90 Å². The number of hydrogen-bond donors (Lipinski definition) is 2. The highest BCUT2D eigenvalue weighted by molar-refractivity contribution is 5.93. The first kappa shape index (κ1) is 17.7. The Morgan fingerprint density at radius 1 is 1.33 bits per heavy atom. The van der Waals surface area contributed by atoms with Gasteiger partial charge in [0.05, 0.1) is 31.0 Å². The van der Waals surface area contributed by atoms with E-state index in [-0.39, 0.29) is 19.1 Å². The highest BCUT2D eigenvalue weighted by Gasteiger charge is 2.17. The second-order valence-corrected chi connectivity index (χ2v) is 5.29. The normalized spacial score (nSPS) is 12.4. The van der Waals surface area contributed by atoms with Gasteiger partial charge < -0.3 is 15.1 Å². The average molecular weight is 297 g/mol. The lowest BCUT2D eigenvalue weighted by Crippen LogP contribution is -2.32. The minimum atomic E-state index is -0.857. The Labute approximate surface area is 126 Å². The van der Waals surface area contributed by atoms with Crippen LogP contribution in [0.3, 0.4) is 0 Å². The molecule has 0 bridgehead atoms. The van der Waals surface area contributed by atoms with E-state index in [9.17, 15) is 9.90 Å². The van der Waals surface area contributed by atoms with Crippen molar-refractivity contribution in [1.29, 1.82) is 0 Å². The first-order valence-electron chi connectivity index (χ1n) is 7.73. The Hall–Kier alpha value is -1.40. The summed E-state index contributed by atoms with van der Waals surface area (Å²) in [7, 11) is 0. The van der Waals surface area contributed by atoms with Gasteiger partial charge in [-0.3, -0.25) is 9.48 Å². The minimum Gasteiger partial charge on any atom is -0.394 e. The summed E-state index contributed by atoms with van der Waals surface area (Å²) in [6.45, 7) is 5.61. The van der Waals surface area contributed by atoms with Crippen molar-refractivity contribution in [3.63, 3.8) is 0 Å². The van der Waals surface area contributed by atoms with Crippen molar-refractivity contribution in [2.45, 2.75) is 52.2 Å². The molecule has 0 saturated carbocycles. The van der Waals surface area contributed by atoms with Crippen molar-refractivity contribution < 1.29 is 15.0 Å². The van der Waals surface area contributed by atoms with Gasteiger partial charge in [-0.15, -0.1) is 0 Å². The summed E-state index contributed by atoms with van der Waals surface area (Å²) in [5.74, 6) is -0.0124. The molecule has 0 aliphatic rings. The molecule has 21 heavy (non-hydrogen) atoms. The van der Waals surface area contributed by atoms with Crippen LogP contribution >= 0.6 is 0 Å². The molecule has 2 N–H and O–H groups in total. The highest BCUT2D eigenvalue weighted by Crippen LogP contribution is 2.08. The van der Waals surface area contributed by atoms with Crippen LogP contribution in [0.4, 0.5) is 0 Å². The lowest BCUT2D eigenvalue weighted by molar-refractivity contribution is 0.0745. The molecule has 0 spiro atoms. The molecule has 0 fully saturated rings. The van der Waals surface area contributed by atoms with Gasteiger partial charge in [0.1, 0.15) is 0 Å². The summed E-state index contributed by atoms with van der Waals surface area (Å²) in [5.41, 5.74) is 0.535. The molecule has 1 rings (SSSR count). The van der Waals surface area contributed by atoms with E-state index in [0.29, 0.717) is 5.56 Å². The summed E-state index contributed by atoms with van der Waals surface area (Å²) in [4.78, 5) is 14.4. The number of aliphatic hydroxyl groups is 2. The smallest absolute Gasteiger partial charge is 0.257 e. The number of nitrogens with zero attached hydrogens (tertiary/aromatic N) is 3. The molecule has 0 aliphatic carbocycles. The third kappa shape index (κ3) is 5.85. The van der Waals surface area contributed by atoms with E-state index < -0.39 is 6.10 Å². The molecule has 0 radical (unpaired) electrons. The lowest BCUT2D eigenvalue weighted by Gasteiger charge is -2.21. The van der Waals surface area contributed by atoms with Gasteiger partial charge in [-0.25, -0.2) is 0 Å². The van der Waals surface area contributed by atoms with E-state index >= 15 is 0 Å². The Morgan fingerprint density at radius 3 is 2.48 bits per heavy atom. The fourth-order valence-corrected chi connectivity index (χ4v) is 2.04. The predicted octanol–water partition coefficient (Wildman–Crippen LogP) is 1.28. The van der Waals surface area contributed by atoms with Gasteiger partial charge in [-0.05, 0) is 12.8 Å². The van der Waals surface area contributed by atoms with Gasteiger partial charge in [-0.1, -0.05) is 26.7 Å². The minimum absolute atomic E-state index is 0.0124. The number of rotatable bonds is 10. The monoisotopic (exact) mass is 297 g/mol. The fraction of sp³-hybridized carbons (Fsp3) is 0.733. The number of carbonyl (C=O) groups is 1. The number of hydrogen-bond acceptors (Lipinski definition) is 4. The molecule has 0 aromatic carbocycles. The van der Waals surface area contributed by atoms with Crippen molar-refractivity contribution in [2.75, 3.05) is 19.7 Å². The van der Waals surface area contributed by atoms with Crippen LogP contribution in [-0.2, 0) is 6.54 Å². The Kier molecular flexibility index (Phi) is 8.00. The molecule has 1 aromatic rings. The zero-order valence-electron chi connectivity index (χ0n) is 13.0. The van der Waals surface area contributed by atoms with Crippen molar-refractivity contribution in [3.8, 4) is 0 Å². The van der Waals surface area contributed by atoms with Gasteiger partial charge in [0.15, 0.2) is 0 Å². The topological polar surface area (TPSA) is 78.6 Å².